The zero-order valence-electron chi connectivity index (χ0n) is 16.8. The van der Waals surface area contributed by atoms with E-state index in [1.807, 2.05) is 52.7 Å². The van der Waals surface area contributed by atoms with Crippen LogP contribution in [0.3, 0.4) is 0 Å². The summed E-state index contributed by atoms with van der Waals surface area (Å²) in [6.07, 6.45) is 3.46. The van der Waals surface area contributed by atoms with Gasteiger partial charge in [0.1, 0.15) is 5.70 Å². The molecule has 0 unspecified atom stereocenters. The molecule has 156 valence electrons. The lowest BCUT2D eigenvalue weighted by Gasteiger charge is -2.36. The van der Waals surface area contributed by atoms with E-state index in [0.717, 1.165) is 10.4 Å². The molecular formula is C23H21N5O2S. The van der Waals surface area contributed by atoms with Gasteiger partial charge in [-0.1, -0.05) is 36.4 Å². The molecule has 3 aromatic rings. The summed E-state index contributed by atoms with van der Waals surface area (Å²) in [5.41, 5.74) is 1.96. The second-order valence-electron chi connectivity index (χ2n) is 7.41. The highest BCUT2D eigenvalue weighted by Crippen LogP contribution is 2.35. The predicted octanol–water partition coefficient (Wildman–Crippen LogP) is 2.64. The van der Waals surface area contributed by atoms with Crippen LogP contribution in [0.25, 0.3) is 5.57 Å². The molecule has 0 spiro atoms. The average molecular weight is 432 g/mol. The highest BCUT2D eigenvalue weighted by molar-refractivity contribution is 7.11. The fourth-order valence-electron chi connectivity index (χ4n) is 3.99. The summed E-state index contributed by atoms with van der Waals surface area (Å²) in [6, 6.07) is 15.2. The molecule has 0 N–H and O–H groups in total. The fraction of sp³-hybridized carbons (Fsp3) is 0.217. The van der Waals surface area contributed by atoms with Gasteiger partial charge in [-0.05, 0) is 23.1 Å². The van der Waals surface area contributed by atoms with Crippen molar-refractivity contribution >= 4 is 34.7 Å². The van der Waals surface area contributed by atoms with Crippen molar-refractivity contribution < 1.29 is 9.59 Å². The Kier molecular flexibility index (Phi) is 5.21. The number of rotatable bonds is 5. The number of imide groups is 1. The monoisotopic (exact) mass is 431 g/mol. The number of carbonyl (C=O) groups is 2. The van der Waals surface area contributed by atoms with Crippen molar-refractivity contribution in [3.63, 3.8) is 0 Å². The zero-order valence-corrected chi connectivity index (χ0v) is 17.7. The molecule has 31 heavy (non-hydrogen) atoms. The lowest BCUT2D eigenvalue weighted by Crippen LogP contribution is -2.48. The molecule has 2 amide bonds. The minimum atomic E-state index is -0.222. The number of amides is 2. The van der Waals surface area contributed by atoms with Crippen LogP contribution in [-0.2, 0) is 16.1 Å². The van der Waals surface area contributed by atoms with Crippen molar-refractivity contribution in [2.24, 2.45) is 0 Å². The molecule has 1 aromatic carbocycles. The normalized spacial score (nSPS) is 17.1. The summed E-state index contributed by atoms with van der Waals surface area (Å²) in [6.45, 7) is 2.90. The Morgan fingerprint density at radius 2 is 1.52 bits per heavy atom. The summed E-state index contributed by atoms with van der Waals surface area (Å²) >= 11 is 1.48. The summed E-state index contributed by atoms with van der Waals surface area (Å²) in [4.78, 5) is 41.8. The molecule has 1 saturated heterocycles. The number of hydrogen-bond donors (Lipinski definition) is 0. The Morgan fingerprint density at radius 1 is 0.806 bits per heavy atom. The van der Waals surface area contributed by atoms with Crippen molar-refractivity contribution in [1.29, 1.82) is 0 Å². The first-order valence-electron chi connectivity index (χ1n) is 10.2. The first-order chi connectivity index (χ1) is 15.2. The number of hydrogen-bond acceptors (Lipinski definition) is 7. The molecule has 2 aliphatic rings. The second kappa shape index (κ2) is 8.31. The summed E-state index contributed by atoms with van der Waals surface area (Å²) in [7, 11) is 0. The lowest BCUT2D eigenvalue weighted by atomic mass is 10.1. The van der Waals surface area contributed by atoms with E-state index in [1.54, 1.807) is 18.5 Å². The minimum absolute atomic E-state index is 0.221. The quantitative estimate of drug-likeness (QED) is 0.579. The Hall–Kier alpha value is -3.52. The van der Waals surface area contributed by atoms with Gasteiger partial charge in [0.2, 0.25) is 5.95 Å². The third-order valence-electron chi connectivity index (χ3n) is 5.53. The number of piperazine rings is 1. The van der Waals surface area contributed by atoms with Crippen LogP contribution in [0, 0.1) is 0 Å². The van der Waals surface area contributed by atoms with Crippen molar-refractivity contribution in [3.8, 4) is 0 Å². The van der Waals surface area contributed by atoms with Crippen LogP contribution >= 0.6 is 11.3 Å². The number of thiophene rings is 1. The van der Waals surface area contributed by atoms with Gasteiger partial charge in [0.05, 0.1) is 12.1 Å². The van der Waals surface area contributed by atoms with Crippen LogP contribution in [-0.4, -0.2) is 57.8 Å². The molecule has 0 atom stereocenters. The number of nitrogens with zero attached hydrogens (tertiary/aromatic N) is 5. The minimum Gasteiger partial charge on any atom is -0.363 e. The molecule has 1 fully saturated rings. The Balaban J connectivity index is 1.42. The number of carbonyl (C=O) groups excluding carboxylic acids is 2. The maximum absolute atomic E-state index is 13.4. The van der Waals surface area contributed by atoms with Crippen LogP contribution in [0.2, 0.25) is 0 Å². The van der Waals surface area contributed by atoms with E-state index >= 15 is 0 Å². The van der Waals surface area contributed by atoms with Crippen molar-refractivity contribution in [3.05, 3.63) is 82.4 Å². The van der Waals surface area contributed by atoms with E-state index in [-0.39, 0.29) is 18.4 Å². The van der Waals surface area contributed by atoms with E-state index in [9.17, 15) is 9.59 Å². The Bertz CT molecular complexity index is 1110. The lowest BCUT2D eigenvalue weighted by molar-refractivity contribution is -0.138. The highest BCUT2D eigenvalue weighted by atomic mass is 32.1. The van der Waals surface area contributed by atoms with Crippen molar-refractivity contribution in [2.75, 3.05) is 31.1 Å². The molecule has 4 heterocycles. The van der Waals surface area contributed by atoms with Crippen LogP contribution in [0.5, 0.6) is 0 Å². The topological polar surface area (TPSA) is 69.6 Å². The standard InChI is InChI=1S/C23H21N5O2S/c29-21-19(18-8-4-15-31-18)20(22(30)28(21)16-17-6-2-1-3-7-17)26-11-13-27(14-12-26)23-24-9-5-10-25-23/h1-10,15H,11-14,16H2. The number of benzene rings is 1. The Labute approximate surface area is 184 Å². The van der Waals surface area contributed by atoms with Crippen LogP contribution in [0.15, 0.2) is 72.0 Å². The van der Waals surface area contributed by atoms with Gasteiger partial charge in [0.15, 0.2) is 0 Å². The van der Waals surface area contributed by atoms with Gasteiger partial charge in [0.25, 0.3) is 11.8 Å². The fourth-order valence-corrected chi connectivity index (χ4v) is 4.76. The third-order valence-corrected chi connectivity index (χ3v) is 6.41. The van der Waals surface area contributed by atoms with Gasteiger partial charge in [0, 0.05) is 43.4 Å². The van der Waals surface area contributed by atoms with Gasteiger partial charge < -0.3 is 9.80 Å². The van der Waals surface area contributed by atoms with Gasteiger partial charge in [-0.25, -0.2) is 9.97 Å². The van der Waals surface area contributed by atoms with Crippen molar-refractivity contribution in [1.82, 2.24) is 19.8 Å². The predicted molar refractivity (Wildman–Crippen MR) is 119 cm³/mol. The molecule has 0 radical (unpaired) electrons. The van der Waals surface area contributed by atoms with E-state index in [4.69, 9.17) is 0 Å². The molecular weight excluding hydrogens is 410 g/mol. The first-order valence-corrected chi connectivity index (χ1v) is 11.1. The van der Waals surface area contributed by atoms with E-state index < -0.39 is 0 Å². The molecule has 2 aliphatic heterocycles. The average Bonchev–Trinajstić information content (AvgIpc) is 3.43. The Morgan fingerprint density at radius 3 is 2.19 bits per heavy atom. The number of anilines is 1. The number of aromatic nitrogens is 2. The van der Waals surface area contributed by atoms with Gasteiger partial charge >= 0.3 is 0 Å². The molecule has 7 nitrogen and oxygen atoms in total. The summed E-state index contributed by atoms with van der Waals surface area (Å²) in [5.74, 6) is 0.246. The van der Waals surface area contributed by atoms with E-state index in [1.165, 1.54) is 16.2 Å². The van der Waals surface area contributed by atoms with Crippen LogP contribution in [0.4, 0.5) is 5.95 Å². The van der Waals surface area contributed by atoms with Crippen LogP contribution < -0.4 is 4.90 Å². The molecule has 8 heteroatoms. The molecule has 0 saturated carbocycles. The van der Waals surface area contributed by atoms with E-state index in [2.05, 4.69) is 14.9 Å². The summed E-state index contributed by atoms with van der Waals surface area (Å²) in [5, 5.41) is 1.93. The van der Waals surface area contributed by atoms with E-state index in [0.29, 0.717) is 43.4 Å². The van der Waals surface area contributed by atoms with Gasteiger partial charge in [-0.3, -0.25) is 14.5 Å². The SMILES string of the molecule is O=C1C(c2cccs2)=C(N2CCN(c3ncccn3)CC2)C(=O)N1Cc1ccccc1. The zero-order chi connectivity index (χ0) is 21.2. The first kappa shape index (κ1) is 19.4. The highest BCUT2D eigenvalue weighted by Gasteiger charge is 2.42. The smallest absolute Gasteiger partial charge is 0.278 e. The maximum Gasteiger partial charge on any atom is 0.278 e. The molecule has 5 rings (SSSR count). The second-order valence-corrected chi connectivity index (χ2v) is 8.35. The van der Waals surface area contributed by atoms with Crippen LogP contribution in [0.1, 0.15) is 10.4 Å². The van der Waals surface area contributed by atoms with Crippen molar-refractivity contribution in [2.45, 2.75) is 6.54 Å². The van der Waals surface area contributed by atoms with Gasteiger partial charge in [-0.2, -0.15) is 0 Å². The molecule has 0 bridgehead atoms. The molecule has 0 aliphatic carbocycles. The molecule has 2 aromatic heterocycles. The third kappa shape index (κ3) is 3.70. The van der Waals surface area contributed by atoms with Gasteiger partial charge in [-0.15, -0.1) is 11.3 Å². The summed E-state index contributed by atoms with van der Waals surface area (Å²) < 4.78 is 0. The largest absolute Gasteiger partial charge is 0.363 e. The maximum atomic E-state index is 13.4.